The zero-order chi connectivity index (χ0) is 13.1. The highest BCUT2D eigenvalue weighted by atomic mass is 32.2. The highest BCUT2D eigenvalue weighted by Gasteiger charge is 2.19. The minimum Gasteiger partial charge on any atom is -0.315 e. The van der Waals surface area contributed by atoms with E-state index in [0.29, 0.717) is 0 Å². The van der Waals surface area contributed by atoms with Gasteiger partial charge in [0.25, 0.3) is 0 Å². The second-order valence-corrected chi connectivity index (χ2v) is 6.41. The van der Waals surface area contributed by atoms with Gasteiger partial charge in [-0.05, 0) is 32.1 Å². The lowest BCUT2D eigenvalue weighted by Gasteiger charge is -2.34. The number of rotatable bonds is 10. The summed E-state index contributed by atoms with van der Waals surface area (Å²) in [6.45, 7) is 7.19. The van der Waals surface area contributed by atoms with Crippen LogP contribution in [0.5, 0.6) is 0 Å². The summed E-state index contributed by atoms with van der Waals surface area (Å²) in [5, 5.41) is 3.57. The van der Waals surface area contributed by atoms with E-state index in [4.69, 9.17) is 0 Å². The highest BCUT2D eigenvalue weighted by Crippen LogP contribution is 2.22. The molecule has 0 aromatic heterocycles. The maximum absolute atomic E-state index is 3.57. The minimum atomic E-state index is 0.882. The van der Waals surface area contributed by atoms with Gasteiger partial charge in [-0.25, -0.2) is 0 Å². The molecule has 0 unspecified atom stereocenters. The van der Waals surface area contributed by atoms with Crippen LogP contribution in [0.1, 0.15) is 51.9 Å². The van der Waals surface area contributed by atoms with Gasteiger partial charge in [0, 0.05) is 31.4 Å². The number of hydrogen-bond donors (Lipinski definition) is 1. The van der Waals surface area contributed by atoms with Crippen LogP contribution in [0, 0.1) is 0 Å². The van der Waals surface area contributed by atoms with Crippen LogP contribution in [0.3, 0.4) is 0 Å². The molecule has 0 amide bonds. The topological polar surface area (TPSA) is 15.3 Å². The molecule has 2 nitrogen and oxygen atoms in total. The fourth-order valence-corrected chi connectivity index (χ4v) is 3.15. The van der Waals surface area contributed by atoms with E-state index in [-0.39, 0.29) is 0 Å². The van der Waals surface area contributed by atoms with Gasteiger partial charge in [0.05, 0.1) is 0 Å². The van der Waals surface area contributed by atoms with Gasteiger partial charge in [0.1, 0.15) is 0 Å². The first-order valence-electron chi connectivity index (χ1n) is 7.82. The van der Waals surface area contributed by atoms with Crippen molar-refractivity contribution in [1.29, 1.82) is 0 Å². The van der Waals surface area contributed by atoms with E-state index in [2.05, 4.69) is 23.4 Å². The lowest BCUT2D eigenvalue weighted by molar-refractivity contribution is 0.155. The molecule has 0 saturated heterocycles. The van der Waals surface area contributed by atoms with Crippen molar-refractivity contribution in [3.8, 4) is 0 Å². The summed E-state index contributed by atoms with van der Waals surface area (Å²) in [6.07, 6.45) is 12.1. The average Bonchev–Trinajstić information content (AvgIpc) is 2.43. The third-order valence-corrected chi connectivity index (χ3v) is 4.56. The maximum atomic E-state index is 3.57. The Balaban J connectivity index is 2.21. The van der Waals surface area contributed by atoms with Crippen molar-refractivity contribution < 1.29 is 0 Å². The number of unbranched alkanes of at least 4 members (excludes halogenated alkanes) is 1. The van der Waals surface area contributed by atoms with Crippen LogP contribution in [0.15, 0.2) is 0 Å². The van der Waals surface area contributed by atoms with Gasteiger partial charge in [-0.15, -0.1) is 0 Å². The monoisotopic (exact) mass is 272 g/mol. The van der Waals surface area contributed by atoms with Gasteiger partial charge in [-0.1, -0.05) is 32.6 Å². The van der Waals surface area contributed by atoms with Crippen molar-refractivity contribution in [3.63, 3.8) is 0 Å². The Bertz CT molecular complexity index is 181. The Hall–Kier alpha value is 0.270. The van der Waals surface area contributed by atoms with E-state index in [0.717, 1.165) is 12.6 Å². The maximum Gasteiger partial charge on any atom is 0.0110 e. The molecule has 1 aliphatic carbocycles. The van der Waals surface area contributed by atoms with Crippen molar-refractivity contribution in [2.45, 2.75) is 57.9 Å². The van der Waals surface area contributed by atoms with Gasteiger partial charge in [0.15, 0.2) is 0 Å². The first-order valence-corrected chi connectivity index (χ1v) is 9.21. The summed E-state index contributed by atoms with van der Waals surface area (Å²) in [6, 6.07) is 0.882. The first kappa shape index (κ1) is 16.3. The minimum absolute atomic E-state index is 0.882. The van der Waals surface area contributed by atoms with Crippen LogP contribution in [-0.4, -0.2) is 49.1 Å². The summed E-state index contributed by atoms with van der Waals surface area (Å²) in [4.78, 5) is 2.76. The molecular formula is C15H32N2S. The van der Waals surface area contributed by atoms with Gasteiger partial charge in [0.2, 0.25) is 0 Å². The van der Waals surface area contributed by atoms with E-state index in [1.165, 1.54) is 70.3 Å². The lowest BCUT2D eigenvalue weighted by atomic mass is 9.94. The quantitative estimate of drug-likeness (QED) is 0.614. The summed E-state index contributed by atoms with van der Waals surface area (Å²) in [5.41, 5.74) is 0. The van der Waals surface area contributed by atoms with Gasteiger partial charge in [-0.2, -0.15) is 11.8 Å². The van der Waals surface area contributed by atoms with Gasteiger partial charge in [-0.3, -0.25) is 4.90 Å². The van der Waals surface area contributed by atoms with Crippen molar-refractivity contribution in [2.24, 2.45) is 0 Å². The molecule has 3 heteroatoms. The van der Waals surface area contributed by atoms with Gasteiger partial charge >= 0.3 is 0 Å². The third-order valence-electron chi connectivity index (χ3n) is 3.95. The van der Waals surface area contributed by atoms with Crippen molar-refractivity contribution >= 4 is 11.8 Å². The zero-order valence-corrected chi connectivity index (χ0v) is 13.2. The molecule has 1 saturated carbocycles. The predicted octanol–water partition coefficient (Wildman–Crippen LogP) is 3.37. The second-order valence-electron chi connectivity index (χ2n) is 5.42. The molecule has 0 aromatic rings. The predicted molar refractivity (Wildman–Crippen MR) is 84.6 cm³/mol. The van der Waals surface area contributed by atoms with Crippen molar-refractivity contribution in [1.82, 2.24) is 10.2 Å². The van der Waals surface area contributed by atoms with Crippen molar-refractivity contribution in [3.05, 3.63) is 0 Å². The zero-order valence-electron chi connectivity index (χ0n) is 12.4. The smallest absolute Gasteiger partial charge is 0.0110 e. The van der Waals surface area contributed by atoms with Gasteiger partial charge < -0.3 is 5.32 Å². The Kier molecular flexibility index (Phi) is 10.1. The molecule has 1 rings (SSSR count). The second kappa shape index (κ2) is 11.1. The van der Waals surface area contributed by atoms with Crippen LogP contribution in [-0.2, 0) is 0 Å². The largest absolute Gasteiger partial charge is 0.315 e. The van der Waals surface area contributed by atoms with Crippen LogP contribution < -0.4 is 5.32 Å². The molecule has 0 aromatic carbocycles. The van der Waals surface area contributed by atoms with E-state index in [9.17, 15) is 0 Å². The fourth-order valence-electron chi connectivity index (χ4n) is 2.81. The molecule has 0 bridgehead atoms. The SMILES string of the molecule is CCCCN(CCNCCSC)C1CCCCC1. The molecule has 18 heavy (non-hydrogen) atoms. The Morgan fingerprint density at radius 3 is 2.56 bits per heavy atom. The molecule has 0 aliphatic heterocycles. The molecule has 0 atom stereocenters. The summed E-state index contributed by atoms with van der Waals surface area (Å²) in [7, 11) is 0. The Labute approximate surface area is 118 Å². The van der Waals surface area contributed by atoms with Crippen LogP contribution >= 0.6 is 11.8 Å². The molecule has 1 fully saturated rings. The molecule has 1 N–H and O–H groups in total. The van der Waals surface area contributed by atoms with Crippen LogP contribution in [0.25, 0.3) is 0 Å². The summed E-state index contributed by atoms with van der Waals surface area (Å²) >= 11 is 1.93. The Morgan fingerprint density at radius 1 is 1.11 bits per heavy atom. The molecule has 0 heterocycles. The van der Waals surface area contributed by atoms with E-state index < -0.39 is 0 Å². The third kappa shape index (κ3) is 7.01. The molecule has 0 radical (unpaired) electrons. The normalized spacial score (nSPS) is 17.5. The number of nitrogens with one attached hydrogen (secondary N) is 1. The van der Waals surface area contributed by atoms with Crippen molar-refractivity contribution in [2.75, 3.05) is 38.2 Å². The molecule has 108 valence electrons. The van der Waals surface area contributed by atoms with E-state index in [1.807, 2.05) is 11.8 Å². The lowest BCUT2D eigenvalue weighted by Crippen LogP contribution is -2.41. The fraction of sp³-hybridized carbons (Fsp3) is 1.00. The highest BCUT2D eigenvalue weighted by molar-refractivity contribution is 7.98. The molecule has 0 spiro atoms. The van der Waals surface area contributed by atoms with Crippen LogP contribution in [0.2, 0.25) is 0 Å². The van der Waals surface area contributed by atoms with E-state index in [1.54, 1.807) is 0 Å². The first-order chi connectivity index (χ1) is 8.88. The molecule has 1 aliphatic rings. The number of hydrogen-bond acceptors (Lipinski definition) is 3. The van der Waals surface area contributed by atoms with E-state index >= 15 is 0 Å². The Morgan fingerprint density at radius 2 is 1.89 bits per heavy atom. The molecular weight excluding hydrogens is 240 g/mol. The average molecular weight is 273 g/mol. The standard InChI is InChI=1S/C15H32N2S/c1-3-4-12-17(13-10-16-11-14-18-2)15-8-6-5-7-9-15/h15-16H,3-14H2,1-2H3. The number of nitrogens with zero attached hydrogens (tertiary/aromatic N) is 1. The number of thioether (sulfide) groups is 1. The van der Waals surface area contributed by atoms with Crippen LogP contribution in [0.4, 0.5) is 0 Å². The summed E-state index contributed by atoms with van der Waals surface area (Å²) < 4.78 is 0. The summed E-state index contributed by atoms with van der Waals surface area (Å²) in [5.74, 6) is 1.23.